The topological polar surface area (TPSA) is 35.2 Å². The van der Waals surface area contributed by atoms with Crippen LogP contribution in [0.3, 0.4) is 0 Å². The summed E-state index contributed by atoms with van der Waals surface area (Å²) in [5, 5.41) is 0. The third-order valence-corrected chi connectivity index (χ3v) is 2.19. The van der Waals surface area contributed by atoms with Gasteiger partial charge in [0.05, 0.1) is 7.11 Å². The molecule has 80 valence electrons. The summed E-state index contributed by atoms with van der Waals surface area (Å²) in [4.78, 5) is 0. The quantitative estimate of drug-likeness (QED) is 0.842. The van der Waals surface area contributed by atoms with Gasteiger partial charge in [-0.05, 0) is 25.0 Å². The van der Waals surface area contributed by atoms with Crippen LogP contribution in [0.4, 0.5) is 0 Å². The van der Waals surface area contributed by atoms with Crippen LogP contribution < -0.4 is 10.5 Å². The predicted octanol–water partition coefficient (Wildman–Crippen LogP) is 2.70. The van der Waals surface area contributed by atoms with Gasteiger partial charge in [-0.15, -0.1) is 12.4 Å². The van der Waals surface area contributed by atoms with Crippen molar-refractivity contribution in [3.63, 3.8) is 0 Å². The van der Waals surface area contributed by atoms with Crippen molar-refractivity contribution >= 4 is 12.4 Å². The van der Waals surface area contributed by atoms with E-state index >= 15 is 0 Å². The van der Waals surface area contributed by atoms with Gasteiger partial charge in [0.15, 0.2) is 0 Å². The highest BCUT2D eigenvalue weighted by molar-refractivity contribution is 5.85. The maximum atomic E-state index is 5.83. The Morgan fingerprint density at radius 3 is 2.50 bits per heavy atom. The van der Waals surface area contributed by atoms with Gasteiger partial charge in [-0.25, -0.2) is 0 Å². The van der Waals surface area contributed by atoms with Crippen LogP contribution in [0, 0.1) is 0 Å². The van der Waals surface area contributed by atoms with Crippen LogP contribution in [-0.2, 0) is 6.42 Å². The average Bonchev–Trinajstić information content (AvgIpc) is 2.16. The van der Waals surface area contributed by atoms with Crippen LogP contribution in [0.15, 0.2) is 18.2 Å². The largest absolute Gasteiger partial charge is 0.496 e. The predicted molar refractivity (Wildman–Crippen MR) is 62.2 cm³/mol. The van der Waals surface area contributed by atoms with Crippen LogP contribution in [0.25, 0.3) is 0 Å². The number of methoxy groups -OCH3 is 1. The minimum atomic E-state index is 0. The van der Waals surface area contributed by atoms with Gasteiger partial charge in [-0.1, -0.05) is 19.1 Å². The van der Waals surface area contributed by atoms with Gasteiger partial charge in [0.2, 0.25) is 0 Å². The first-order valence-electron chi connectivity index (χ1n) is 4.61. The number of benzene rings is 1. The van der Waals surface area contributed by atoms with E-state index < -0.39 is 0 Å². The molecule has 0 heterocycles. The standard InChI is InChI=1S/C11H17NO.ClH/c1-4-9-5-6-11(13-3)10(7-9)8(2)12;/h5-8H,4,12H2,1-3H3;1H. The second kappa shape index (κ2) is 5.89. The third-order valence-electron chi connectivity index (χ3n) is 2.19. The lowest BCUT2D eigenvalue weighted by atomic mass is 10.0. The summed E-state index contributed by atoms with van der Waals surface area (Å²) < 4.78 is 5.23. The third kappa shape index (κ3) is 2.89. The molecular formula is C11H18ClNO. The van der Waals surface area contributed by atoms with Crippen molar-refractivity contribution in [3.05, 3.63) is 29.3 Å². The Labute approximate surface area is 91.9 Å². The van der Waals surface area contributed by atoms with E-state index in [4.69, 9.17) is 10.5 Å². The van der Waals surface area contributed by atoms with Crippen LogP contribution in [0.2, 0.25) is 0 Å². The molecule has 0 aliphatic rings. The molecule has 0 amide bonds. The van der Waals surface area contributed by atoms with Crippen molar-refractivity contribution in [2.75, 3.05) is 7.11 Å². The van der Waals surface area contributed by atoms with E-state index in [1.54, 1.807) is 7.11 Å². The summed E-state index contributed by atoms with van der Waals surface area (Å²) in [6, 6.07) is 6.20. The number of hydrogen-bond acceptors (Lipinski definition) is 2. The van der Waals surface area contributed by atoms with E-state index in [0.717, 1.165) is 17.7 Å². The Bertz CT molecular complexity index is 287. The molecule has 3 heteroatoms. The second-order valence-corrected chi connectivity index (χ2v) is 3.22. The fraction of sp³-hybridized carbons (Fsp3) is 0.455. The van der Waals surface area contributed by atoms with Crippen LogP contribution in [0.5, 0.6) is 5.75 Å². The summed E-state index contributed by atoms with van der Waals surface area (Å²) >= 11 is 0. The number of rotatable bonds is 3. The number of aryl methyl sites for hydroxylation is 1. The fourth-order valence-electron chi connectivity index (χ4n) is 1.36. The van der Waals surface area contributed by atoms with Crippen molar-refractivity contribution in [2.45, 2.75) is 26.3 Å². The second-order valence-electron chi connectivity index (χ2n) is 3.22. The zero-order valence-electron chi connectivity index (χ0n) is 8.91. The first-order valence-corrected chi connectivity index (χ1v) is 4.61. The Kier molecular flexibility index (Phi) is 5.58. The van der Waals surface area contributed by atoms with E-state index in [1.807, 2.05) is 13.0 Å². The highest BCUT2D eigenvalue weighted by Crippen LogP contribution is 2.24. The summed E-state index contributed by atoms with van der Waals surface area (Å²) in [5.74, 6) is 0.882. The lowest BCUT2D eigenvalue weighted by Gasteiger charge is -2.12. The highest BCUT2D eigenvalue weighted by atomic mass is 35.5. The molecule has 0 spiro atoms. The zero-order valence-corrected chi connectivity index (χ0v) is 9.73. The Hall–Kier alpha value is -0.730. The minimum absolute atomic E-state index is 0. The van der Waals surface area contributed by atoms with Crippen LogP contribution >= 0.6 is 12.4 Å². The molecule has 2 nitrogen and oxygen atoms in total. The van der Waals surface area contributed by atoms with Crippen molar-refractivity contribution < 1.29 is 4.74 Å². The van der Waals surface area contributed by atoms with Gasteiger partial charge >= 0.3 is 0 Å². The molecule has 2 N–H and O–H groups in total. The van der Waals surface area contributed by atoms with E-state index in [9.17, 15) is 0 Å². The van der Waals surface area contributed by atoms with E-state index in [-0.39, 0.29) is 18.4 Å². The molecule has 1 unspecified atom stereocenters. The normalized spacial score (nSPS) is 11.7. The Balaban J connectivity index is 0.00000169. The molecule has 0 aliphatic heterocycles. The van der Waals surface area contributed by atoms with Gasteiger partial charge in [0.25, 0.3) is 0 Å². The summed E-state index contributed by atoms with van der Waals surface area (Å²) in [5.41, 5.74) is 8.22. The zero-order chi connectivity index (χ0) is 9.84. The summed E-state index contributed by atoms with van der Waals surface area (Å²) in [6.07, 6.45) is 1.03. The average molecular weight is 216 g/mol. The molecule has 0 fully saturated rings. The minimum Gasteiger partial charge on any atom is -0.496 e. The molecule has 1 aromatic rings. The summed E-state index contributed by atoms with van der Waals surface area (Å²) in [7, 11) is 1.67. The van der Waals surface area contributed by atoms with Crippen LogP contribution in [0.1, 0.15) is 31.0 Å². The molecule has 0 saturated heterocycles. The first kappa shape index (κ1) is 13.3. The fourth-order valence-corrected chi connectivity index (χ4v) is 1.36. The molecule has 0 aromatic heterocycles. The van der Waals surface area contributed by atoms with Crippen molar-refractivity contribution in [1.82, 2.24) is 0 Å². The molecule has 0 radical (unpaired) electrons. The highest BCUT2D eigenvalue weighted by Gasteiger charge is 2.07. The number of hydrogen-bond donors (Lipinski definition) is 1. The number of nitrogens with two attached hydrogens (primary N) is 1. The number of ether oxygens (including phenoxy) is 1. The van der Waals surface area contributed by atoms with Crippen LogP contribution in [-0.4, -0.2) is 7.11 Å². The lowest BCUT2D eigenvalue weighted by Crippen LogP contribution is -2.07. The van der Waals surface area contributed by atoms with Crippen molar-refractivity contribution in [1.29, 1.82) is 0 Å². The molecule has 0 aliphatic carbocycles. The molecule has 1 aromatic carbocycles. The maximum absolute atomic E-state index is 5.83. The molecule has 1 rings (SSSR count). The van der Waals surface area contributed by atoms with E-state index in [2.05, 4.69) is 19.1 Å². The van der Waals surface area contributed by atoms with E-state index in [1.165, 1.54) is 5.56 Å². The SMILES string of the molecule is CCc1ccc(OC)c(C(C)N)c1.Cl. The molecule has 0 bridgehead atoms. The van der Waals surface area contributed by atoms with E-state index in [0.29, 0.717) is 0 Å². The Morgan fingerprint density at radius 2 is 2.07 bits per heavy atom. The number of halogens is 1. The molecule has 0 saturated carbocycles. The van der Waals surface area contributed by atoms with Gasteiger partial charge < -0.3 is 10.5 Å². The molecule has 1 atom stereocenters. The Morgan fingerprint density at radius 1 is 1.43 bits per heavy atom. The lowest BCUT2D eigenvalue weighted by molar-refractivity contribution is 0.406. The van der Waals surface area contributed by atoms with Gasteiger partial charge in [0.1, 0.15) is 5.75 Å². The van der Waals surface area contributed by atoms with Gasteiger partial charge in [-0.3, -0.25) is 0 Å². The molecular weight excluding hydrogens is 198 g/mol. The monoisotopic (exact) mass is 215 g/mol. The molecule has 14 heavy (non-hydrogen) atoms. The van der Waals surface area contributed by atoms with Crippen molar-refractivity contribution in [2.24, 2.45) is 5.73 Å². The van der Waals surface area contributed by atoms with Gasteiger partial charge in [0, 0.05) is 11.6 Å². The smallest absolute Gasteiger partial charge is 0.123 e. The summed E-state index contributed by atoms with van der Waals surface area (Å²) in [6.45, 7) is 4.10. The van der Waals surface area contributed by atoms with Gasteiger partial charge in [-0.2, -0.15) is 0 Å². The maximum Gasteiger partial charge on any atom is 0.123 e. The first-order chi connectivity index (χ1) is 6.19. The van der Waals surface area contributed by atoms with Crippen molar-refractivity contribution in [3.8, 4) is 5.75 Å².